The highest BCUT2D eigenvalue weighted by Crippen LogP contribution is 2.73. The molecule has 0 aliphatic heterocycles. The monoisotopic (exact) mass is 580 g/mol. The first-order chi connectivity index (χ1) is 16.5. The van der Waals surface area contributed by atoms with Gasteiger partial charge in [0.1, 0.15) is 17.2 Å². The first kappa shape index (κ1) is 27.4. The molecule has 10 heteroatoms. The van der Waals surface area contributed by atoms with Gasteiger partial charge in [-0.3, -0.25) is 0 Å². The summed E-state index contributed by atoms with van der Waals surface area (Å²) in [5, 5.41) is 0. The van der Waals surface area contributed by atoms with E-state index in [0.29, 0.717) is 0 Å². The zero-order valence-corrected chi connectivity index (χ0v) is 24.3. The molecule has 0 saturated carbocycles. The van der Waals surface area contributed by atoms with Crippen molar-refractivity contribution in [2.75, 3.05) is 21.3 Å². The smallest absolute Gasteiger partial charge is 0.128 e. The second-order valence-corrected chi connectivity index (χ2v) is 17.7. The Morgan fingerprint density at radius 2 is 0.794 bits per heavy atom. The van der Waals surface area contributed by atoms with Gasteiger partial charge in [-0.05, 0) is 36.4 Å². The molecular formula is C24H21O3PS6. The minimum Gasteiger partial charge on any atom is -0.496 e. The number of methoxy groups -OCH3 is 3. The van der Waals surface area contributed by atoms with Gasteiger partial charge in [-0.2, -0.15) is 0 Å². The number of thiocarbonyl (C=S) groups is 3. The zero-order valence-electron chi connectivity index (χ0n) is 18.5. The third kappa shape index (κ3) is 7.17. The normalized spacial score (nSPS) is 10.6. The minimum absolute atomic E-state index is 0.731. The van der Waals surface area contributed by atoms with Crippen molar-refractivity contribution in [1.82, 2.24) is 0 Å². The van der Waals surface area contributed by atoms with E-state index >= 15 is 0 Å². The van der Waals surface area contributed by atoms with Crippen LogP contribution in [-0.2, 0) is 0 Å². The van der Waals surface area contributed by atoms with Crippen LogP contribution in [0.4, 0.5) is 0 Å². The Morgan fingerprint density at radius 1 is 0.529 bits per heavy atom. The van der Waals surface area contributed by atoms with Crippen molar-refractivity contribution in [2.24, 2.45) is 0 Å². The minimum atomic E-state index is -0.942. The lowest BCUT2D eigenvalue weighted by Crippen LogP contribution is -1.99. The molecular weight excluding hydrogens is 560 g/mol. The summed E-state index contributed by atoms with van der Waals surface area (Å²) in [7, 11) is 4.93. The summed E-state index contributed by atoms with van der Waals surface area (Å²) < 4.78 is 18.7. The van der Waals surface area contributed by atoms with Crippen LogP contribution in [0.3, 0.4) is 0 Å². The van der Waals surface area contributed by atoms with Gasteiger partial charge in [0.25, 0.3) is 0 Å². The predicted molar refractivity (Wildman–Crippen MR) is 164 cm³/mol. The average molecular weight is 581 g/mol. The Morgan fingerprint density at radius 3 is 1.06 bits per heavy atom. The van der Waals surface area contributed by atoms with E-state index in [4.69, 9.17) is 50.9 Å². The largest absolute Gasteiger partial charge is 0.496 e. The molecule has 34 heavy (non-hydrogen) atoms. The van der Waals surface area contributed by atoms with E-state index in [2.05, 4.69) is 0 Å². The second kappa shape index (κ2) is 13.8. The van der Waals surface area contributed by atoms with E-state index in [9.17, 15) is 0 Å². The molecule has 0 aromatic heterocycles. The molecule has 0 bridgehead atoms. The number of para-hydroxylation sites is 3. The highest BCUT2D eigenvalue weighted by atomic mass is 33.4. The average Bonchev–Trinajstić information content (AvgIpc) is 2.88. The maximum Gasteiger partial charge on any atom is 0.128 e. The molecule has 0 radical (unpaired) electrons. The van der Waals surface area contributed by atoms with Crippen LogP contribution in [0.1, 0.15) is 16.7 Å². The van der Waals surface area contributed by atoms with Gasteiger partial charge in [-0.15, -0.1) is 0 Å². The van der Waals surface area contributed by atoms with Gasteiger partial charge in [0.05, 0.1) is 39.4 Å². The summed E-state index contributed by atoms with van der Waals surface area (Å²) in [4.78, 5) is 0. The van der Waals surface area contributed by atoms with Gasteiger partial charge < -0.3 is 14.2 Å². The summed E-state index contributed by atoms with van der Waals surface area (Å²) in [5.74, 6) is 2.22. The molecule has 0 N–H and O–H groups in total. The Kier molecular flexibility index (Phi) is 11.1. The van der Waals surface area contributed by atoms with E-state index in [0.717, 1.165) is 46.5 Å². The second-order valence-electron chi connectivity index (χ2n) is 6.46. The van der Waals surface area contributed by atoms with Gasteiger partial charge in [0, 0.05) is 16.7 Å². The lowest BCUT2D eigenvalue weighted by atomic mass is 10.2. The van der Waals surface area contributed by atoms with E-state index in [-0.39, 0.29) is 0 Å². The van der Waals surface area contributed by atoms with Crippen LogP contribution in [0.2, 0.25) is 0 Å². The standard InChI is InChI=1S/C24H21O3PS6/c1-25-19-13-7-4-10-16(19)22(29)32-28(33-23(30)17-11-5-8-14-20(17)26-2)34-24(31)18-12-6-9-15-21(18)27-3/h4-15H,1-3H3. The fourth-order valence-corrected chi connectivity index (χ4v) is 16.7. The predicted octanol–water partition coefficient (Wildman–Crippen LogP) is 8.57. The van der Waals surface area contributed by atoms with Crippen molar-refractivity contribution in [3.8, 4) is 17.2 Å². The molecule has 3 rings (SSSR count). The third-order valence-corrected chi connectivity index (χ3v) is 15.6. The lowest BCUT2D eigenvalue weighted by Gasteiger charge is -2.19. The molecule has 0 fully saturated rings. The summed E-state index contributed by atoms with van der Waals surface area (Å²) in [6.45, 7) is 0. The van der Waals surface area contributed by atoms with E-state index in [1.54, 1.807) is 55.5 Å². The van der Waals surface area contributed by atoms with Crippen molar-refractivity contribution in [3.63, 3.8) is 0 Å². The SMILES string of the molecule is COc1ccccc1C(=S)SP(SC(=S)c1ccccc1OC)SC(=S)c1ccccc1OC. The molecule has 0 spiro atoms. The van der Waals surface area contributed by atoms with Crippen molar-refractivity contribution < 1.29 is 14.2 Å². The van der Waals surface area contributed by atoms with Gasteiger partial charge >= 0.3 is 0 Å². The van der Waals surface area contributed by atoms with E-state index in [1.165, 1.54) is 0 Å². The topological polar surface area (TPSA) is 27.7 Å². The Balaban J connectivity index is 1.88. The quantitative estimate of drug-likeness (QED) is 0.182. The van der Waals surface area contributed by atoms with Crippen LogP contribution in [0, 0.1) is 0 Å². The van der Waals surface area contributed by atoms with Crippen LogP contribution in [0.25, 0.3) is 0 Å². The lowest BCUT2D eigenvalue weighted by molar-refractivity contribution is 0.414. The molecule has 0 amide bonds. The molecule has 0 heterocycles. The molecule has 176 valence electrons. The molecule has 0 aliphatic carbocycles. The maximum absolute atomic E-state index is 5.82. The van der Waals surface area contributed by atoms with Crippen LogP contribution in [0.5, 0.6) is 17.2 Å². The number of hydrogen-bond donors (Lipinski definition) is 0. The highest BCUT2D eigenvalue weighted by molar-refractivity contribution is 9.19. The van der Waals surface area contributed by atoms with Crippen LogP contribution >= 0.6 is 76.3 Å². The number of rotatable bonds is 9. The fourth-order valence-electron chi connectivity index (χ4n) is 2.85. The molecule has 3 aromatic carbocycles. The van der Waals surface area contributed by atoms with Gasteiger partial charge in [0.15, 0.2) is 0 Å². The molecule has 3 aromatic rings. The third-order valence-electron chi connectivity index (χ3n) is 4.45. The van der Waals surface area contributed by atoms with Gasteiger partial charge in [0.2, 0.25) is 0 Å². The Hall–Kier alpha value is -1.19. The van der Waals surface area contributed by atoms with Crippen LogP contribution in [-0.4, -0.2) is 33.9 Å². The van der Waals surface area contributed by atoms with E-state index < -0.39 is 5.53 Å². The Labute approximate surface area is 229 Å². The van der Waals surface area contributed by atoms with E-state index in [1.807, 2.05) is 72.8 Å². The number of ether oxygens (including phenoxy) is 3. The molecule has 0 aliphatic rings. The van der Waals surface area contributed by atoms with Crippen molar-refractivity contribution in [2.45, 2.75) is 0 Å². The van der Waals surface area contributed by atoms with Crippen molar-refractivity contribution in [1.29, 1.82) is 0 Å². The summed E-state index contributed by atoms with van der Waals surface area (Å²) in [6.07, 6.45) is 0. The van der Waals surface area contributed by atoms with Crippen LogP contribution < -0.4 is 14.2 Å². The highest BCUT2D eigenvalue weighted by Gasteiger charge is 2.24. The van der Waals surface area contributed by atoms with Crippen molar-refractivity contribution >= 4 is 88.9 Å². The molecule has 3 nitrogen and oxygen atoms in total. The number of hydrogen-bond acceptors (Lipinski definition) is 9. The summed E-state index contributed by atoms with van der Waals surface area (Å²) >= 11 is 22.2. The Bertz CT molecular complexity index is 1040. The first-order valence-electron chi connectivity index (χ1n) is 9.84. The van der Waals surface area contributed by atoms with Gasteiger partial charge in [-0.1, -0.05) is 107 Å². The number of benzene rings is 3. The fraction of sp³-hybridized carbons (Fsp3) is 0.125. The van der Waals surface area contributed by atoms with Crippen LogP contribution in [0.15, 0.2) is 72.8 Å². The molecule has 0 saturated heterocycles. The summed E-state index contributed by atoms with van der Waals surface area (Å²) in [5.41, 5.74) is 1.70. The zero-order chi connectivity index (χ0) is 24.5. The van der Waals surface area contributed by atoms with Gasteiger partial charge in [-0.25, -0.2) is 0 Å². The van der Waals surface area contributed by atoms with Crippen molar-refractivity contribution in [3.05, 3.63) is 89.5 Å². The summed E-state index contributed by atoms with van der Waals surface area (Å²) in [6, 6.07) is 23.2. The first-order valence-corrected chi connectivity index (χ1v) is 16.7. The molecule has 0 unspecified atom stereocenters. The maximum atomic E-state index is 5.82. The molecule has 0 atom stereocenters.